The van der Waals surface area contributed by atoms with Gasteiger partial charge in [0.1, 0.15) is 0 Å². The summed E-state index contributed by atoms with van der Waals surface area (Å²) in [4.78, 5) is 0. The molecule has 0 saturated heterocycles. The van der Waals surface area contributed by atoms with Gasteiger partial charge in [0.2, 0.25) is 0 Å². The molecule has 0 unspecified atom stereocenters. The van der Waals surface area contributed by atoms with Crippen molar-refractivity contribution >= 4 is 17.4 Å². The summed E-state index contributed by atoms with van der Waals surface area (Å²) in [6.45, 7) is 5.38. The van der Waals surface area contributed by atoms with Gasteiger partial charge in [-0.15, -0.1) is 0 Å². The molecule has 0 aliphatic rings. The first-order valence-corrected chi connectivity index (χ1v) is 6.93. The van der Waals surface area contributed by atoms with Crippen LogP contribution in [0.3, 0.4) is 0 Å². The lowest BCUT2D eigenvalue weighted by Gasteiger charge is -2.10. The van der Waals surface area contributed by atoms with E-state index in [4.69, 9.17) is 0 Å². The van der Waals surface area contributed by atoms with E-state index < -0.39 is 0 Å². The van der Waals surface area contributed by atoms with Gasteiger partial charge in [0.05, 0.1) is 0 Å². The van der Waals surface area contributed by atoms with Gasteiger partial charge >= 0.3 is 0 Å². The Bertz CT molecular complexity index is 297. The molecular weight excluding hydrogens is 202 g/mol. The molecule has 0 radical (unpaired) electrons. The summed E-state index contributed by atoms with van der Waals surface area (Å²) >= 11 is 1.93. The Morgan fingerprint density at radius 2 is 2.00 bits per heavy atom. The van der Waals surface area contributed by atoms with Gasteiger partial charge in [0, 0.05) is 12.2 Å². The van der Waals surface area contributed by atoms with Crippen molar-refractivity contribution in [1.29, 1.82) is 0 Å². The number of anilines is 1. The molecule has 0 spiro atoms. The van der Waals surface area contributed by atoms with Gasteiger partial charge in [0.25, 0.3) is 0 Å². The van der Waals surface area contributed by atoms with Gasteiger partial charge in [-0.2, -0.15) is 11.8 Å². The molecule has 1 aromatic rings. The van der Waals surface area contributed by atoms with Crippen molar-refractivity contribution in [3.8, 4) is 0 Å². The fraction of sp³-hybridized carbons (Fsp3) is 0.538. The molecule has 15 heavy (non-hydrogen) atoms. The van der Waals surface area contributed by atoms with E-state index in [2.05, 4.69) is 43.6 Å². The van der Waals surface area contributed by atoms with E-state index in [0.29, 0.717) is 0 Å². The molecule has 0 atom stereocenters. The van der Waals surface area contributed by atoms with Gasteiger partial charge < -0.3 is 5.32 Å². The third-order valence-corrected chi connectivity index (χ3v) is 3.18. The molecule has 1 rings (SSSR count). The van der Waals surface area contributed by atoms with E-state index in [0.717, 1.165) is 6.54 Å². The standard InChI is InChI=1S/C13H21NS/c1-11-6-7-12(2)13(10-11)14-8-4-5-9-15-3/h6-7,10,14H,4-5,8-9H2,1-3H3. The predicted molar refractivity (Wildman–Crippen MR) is 72.0 cm³/mol. The number of unbranched alkanes of at least 4 members (excludes halogenated alkanes) is 1. The number of hydrogen-bond acceptors (Lipinski definition) is 2. The van der Waals surface area contributed by atoms with Crippen molar-refractivity contribution in [3.63, 3.8) is 0 Å². The Labute approximate surface area is 97.7 Å². The molecule has 1 nitrogen and oxygen atoms in total. The maximum Gasteiger partial charge on any atom is 0.0372 e. The summed E-state index contributed by atoms with van der Waals surface area (Å²) in [6.07, 6.45) is 4.73. The first-order chi connectivity index (χ1) is 7.24. The highest BCUT2D eigenvalue weighted by atomic mass is 32.2. The maximum atomic E-state index is 3.50. The highest BCUT2D eigenvalue weighted by molar-refractivity contribution is 7.98. The lowest BCUT2D eigenvalue weighted by molar-refractivity contribution is 0.842. The summed E-state index contributed by atoms with van der Waals surface area (Å²) in [5.74, 6) is 1.27. The first-order valence-electron chi connectivity index (χ1n) is 5.54. The smallest absolute Gasteiger partial charge is 0.0372 e. The van der Waals surface area contributed by atoms with Crippen molar-refractivity contribution < 1.29 is 0 Å². The lowest BCUT2D eigenvalue weighted by atomic mass is 10.1. The van der Waals surface area contributed by atoms with Crippen LogP contribution >= 0.6 is 11.8 Å². The Balaban J connectivity index is 2.33. The van der Waals surface area contributed by atoms with Crippen LogP contribution in [0, 0.1) is 13.8 Å². The van der Waals surface area contributed by atoms with E-state index in [9.17, 15) is 0 Å². The Kier molecular flexibility index (Phi) is 5.62. The van der Waals surface area contributed by atoms with Crippen LogP contribution in [0.2, 0.25) is 0 Å². The van der Waals surface area contributed by atoms with Gasteiger partial charge in [-0.3, -0.25) is 0 Å². The largest absolute Gasteiger partial charge is 0.385 e. The molecule has 0 fully saturated rings. The summed E-state index contributed by atoms with van der Waals surface area (Å²) < 4.78 is 0. The predicted octanol–water partition coefficient (Wildman–Crippen LogP) is 3.86. The number of benzene rings is 1. The van der Waals surface area contributed by atoms with Crippen molar-refractivity contribution in [2.75, 3.05) is 23.9 Å². The number of aryl methyl sites for hydroxylation is 2. The molecular formula is C13H21NS. The van der Waals surface area contributed by atoms with Crippen molar-refractivity contribution in [3.05, 3.63) is 29.3 Å². The molecule has 0 saturated carbocycles. The molecule has 1 N–H and O–H groups in total. The van der Waals surface area contributed by atoms with Crippen LogP contribution < -0.4 is 5.32 Å². The third-order valence-electron chi connectivity index (χ3n) is 2.48. The zero-order chi connectivity index (χ0) is 11.1. The lowest BCUT2D eigenvalue weighted by Crippen LogP contribution is -2.03. The summed E-state index contributed by atoms with van der Waals surface area (Å²) in [7, 11) is 0. The second kappa shape index (κ2) is 6.78. The minimum Gasteiger partial charge on any atom is -0.385 e. The average molecular weight is 223 g/mol. The van der Waals surface area contributed by atoms with Crippen LogP contribution in [0.15, 0.2) is 18.2 Å². The van der Waals surface area contributed by atoms with Crippen molar-refractivity contribution in [1.82, 2.24) is 0 Å². The van der Waals surface area contributed by atoms with Gasteiger partial charge in [-0.1, -0.05) is 12.1 Å². The molecule has 1 aromatic carbocycles. The van der Waals surface area contributed by atoms with E-state index in [-0.39, 0.29) is 0 Å². The molecule has 2 heteroatoms. The van der Waals surface area contributed by atoms with E-state index in [1.165, 1.54) is 35.4 Å². The maximum absolute atomic E-state index is 3.50. The summed E-state index contributed by atoms with van der Waals surface area (Å²) in [6, 6.07) is 6.57. The Morgan fingerprint density at radius 3 is 2.73 bits per heavy atom. The van der Waals surface area contributed by atoms with Crippen LogP contribution in [-0.4, -0.2) is 18.6 Å². The van der Waals surface area contributed by atoms with Crippen LogP contribution in [0.25, 0.3) is 0 Å². The number of nitrogens with one attached hydrogen (secondary N) is 1. The number of hydrogen-bond donors (Lipinski definition) is 1. The zero-order valence-corrected chi connectivity index (χ0v) is 10.8. The highest BCUT2D eigenvalue weighted by Gasteiger charge is 1.97. The van der Waals surface area contributed by atoms with Gasteiger partial charge in [-0.25, -0.2) is 0 Å². The Morgan fingerprint density at radius 1 is 1.20 bits per heavy atom. The second-order valence-electron chi connectivity index (χ2n) is 3.95. The van der Waals surface area contributed by atoms with E-state index in [1.54, 1.807) is 0 Å². The minimum atomic E-state index is 1.09. The van der Waals surface area contributed by atoms with E-state index in [1.807, 2.05) is 11.8 Å². The zero-order valence-electron chi connectivity index (χ0n) is 9.97. The van der Waals surface area contributed by atoms with Crippen LogP contribution in [0.5, 0.6) is 0 Å². The minimum absolute atomic E-state index is 1.09. The molecule has 84 valence electrons. The van der Waals surface area contributed by atoms with E-state index >= 15 is 0 Å². The van der Waals surface area contributed by atoms with Crippen molar-refractivity contribution in [2.24, 2.45) is 0 Å². The highest BCUT2D eigenvalue weighted by Crippen LogP contribution is 2.16. The summed E-state index contributed by atoms with van der Waals surface area (Å²) in [5, 5.41) is 3.50. The quantitative estimate of drug-likeness (QED) is 0.735. The van der Waals surface area contributed by atoms with Crippen LogP contribution in [-0.2, 0) is 0 Å². The third kappa shape index (κ3) is 4.61. The van der Waals surface area contributed by atoms with Gasteiger partial charge in [-0.05, 0) is 55.9 Å². The average Bonchev–Trinajstić information content (AvgIpc) is 2.23. The fourth-order valence-electron chi connectivity index (χ4n) is 1.52. The molecule has 0 aromatic heterocycles. The fourth-order valence-corrected chi connectivity index (χ4v) is 2.01. The molecule has 0 amide bonds. The number of thioether (sulfide) groups is 1. The topological polar surface area (TPSA) is 12.0 Å². The Hall–Kier alpha value is -0.630. The molecule has 0 bridgehead atoms. The van der Waals surface area contributed by atoms with Crippen LogP contribution in [0.1, 0.15) is 24.0 Å². The molecule has 0 aliphatic heterocycles. The monoisotopic (exact) mass is 223 g/mol. The molecule has 0 heterocycles. The van der Waals surface area contributed by atoms with Crippen molar-refractivity contribution in [2.45, 2.75) is 26.7 Å². The summed E-state index contributed by atoms with van der Waals surface area (Å²) in [5.41, 5.74) is 3.96. The van der Waals surface area contributed by atoms with Gasteiger partial charge in [0.15, 0.2) is 0 Å². The van der Waals surface area contributed by atoms with Crippen LogP contribution in [0.4, 0.5) is 5.69 Å². The second-order valence-corrected chi connectivity index (χ2v) is 4.93. The normalized spacial score (nSPS) is 10.3. The first kappa shape index (κ1) is 12.4. The SMILES string of the molecule is CSCCCCNc1cc(C)ccc1C. The number of rotatable bonds is 6. The molecule has 0 aliphatic carbocycles.